The van der Waals surface area contributed by atoms with Crippen molar-refractivity contribution in [3.05, 3.63) is 94.5 Å². The number of rotatable bonds is 3. The molecule has 0 spiro atoms. The molecule has 0 unspecified atom stereocenters. The van der Waals surface area contributed by atoms with E-state index in [9.17, 15) is 9.59 Å². The molecule has 2 amide bonds. The number of amides is 2. The predicted molar refractivity (Wildman–Crippen MR) is 113 cm³/mol. The van der Waals surface area contributed by atoms with E-state index in [0.717, 1.165) is 16.7 Å². The lowest BCUT2D eigenvalue weighted by molar-refractivity contribution is -0.123. The fraction of sp³-hybridized carbons (Fsp3) is 0.120. The van der Waals surface area contributed by atoms with Gasteiger partial charge in [-0.3, -0.25) is 14.5 Å². The van der Waals surface area contributed by atoms with E-state index >= 15 is 0 Å². The van der Waals surface area contributed by atoms with Gasteiger partial charge in [0.25, 0.3) is 11.8 Å². The Morgan fingerprint density at radius 3 is 2.50 bits per heavy atom. The van der Waals surface area contributed by atoms with Crippen molar-refractivity contribution in [3.63, 3.8) is 0 Å². The minimum absolute atomic E-state index is 0.161. The Kier molecular flexibility index (Phi) is 4.36. The van der Waals surface area contributed by atoms with Crippen molar-refractivity contribution >= 4 is 23.5 Å². The van der Waals surface area contributed by atoms with Gasteiger partial charge in [0.2, 0.25) is 6.79 Å². The molecule has 0 saturated heterocycles. The smallest absolute Gasteiger partial charge is 0.261 e. The number of ether oxygens (including phenoxy) is 2. The summed E-state index contributed by atoms with van der Waals surface area (Å²) >= 11 is 0. The van der Waals surface area contributed by atoms with Gasteiger partial charge in [0, 0.05) is 11.1 Å². The first-order chi connectivity index (χ1) is 14.6. The zero-order chi connectivity index (χ0) is 20.7. The number of benzene rings is 3. The van der Waals surface area contributed by atoms with Crippen molar-refractivity contribution in [1.82, 2.24) is 4.90 Å². The predicted octanol–water partition coefficient (Wildman–Crippen LogP) is 4.45. The molecular formula is C25H19NO4. The topological polar surface area (TPSA) is 55.8 Å². The normalized spacial score (nSPS) is 16.2. The van der Waals surface area contributed by atoms with Crippen LogP contribution in [0.5, 0.6) is 11.5 Å². The molecule has 2 heterocycles. The third-order valence-corrected chi connectivity index (χ3v) is 5.30. The van der Waals surface area contributed by atoms with E-state index in [1.54, 1.807) is 12.1 Å². The molecular weight excluding hydrogens is 378 g/mol. The van der Waals surface area contributed by atoms with E-state index in [1.165, 1.54) is 4.90 Å². The molecule has 0 aliphatic carbocycles. The number of carbonyl (C=O) groups is 2. The number of aryl methyl sites for hydroxylation is 1. The Bertz CT molecular complexity index is 1210. The highest BCUT2D eigenvalue weighted by atomic mass is 16.7. The maximum absolute atomic E-state index is 13.4. The number of fused-ring (bicyclic) bond motifs is 2. The summed E-state index contributed by atoms with van der Waals surface area (Å²) in [5.41, 5.74) is 4.53. The van der Waals surface area contributed by atoms with Gasteiger partial charge in [-0.1, -0.05) is 54.1 Å². The maximum Gasteiger partial charge on any atom is 0.261 e. The van der Waals surface area contributed by atoms with E-state index in [0.29, 0.717) is 28.2 Å². The largest absolute Gasteiger partial charge is 0.454 e. The third-order valence-electron chi connectivity index (χ3n) is 5.30. The van der Waals surface area contributed by atoms with Crippen molar-refractivity contribution < 1.29 is 19.1 Å². The number of imide groups is 1. The van der Waals surface area contributed by atoms with Crippen LogP contribution in [0.4, 0.5) is 0 Å². The Balaban J connectivity index is 1.56. The van der Waals surface area contributed by atoms with Crippen molar-refractivity contribution in [3.8, 4) is 11.5 Å². The Morgan fingerprint density at radius 2 is 1.67 bits per heavy atom. The van der Waals surface area contributed by atoms with Crippen LogP contribution in [-0.2, 0) is 11.3 Å². The van der Waals surface area contributed by atoms with Crippen molar-refractivity contribution in [2.24, 2.45) is 0 Å². The molecule has 0 fully saturated rings. The van der Waals surface area contributed by atoms with Crippen LogP contribution >= 0.6 is 0 Å². The van der Waals surface area contributed by atoms with Gasteiger partial charge in [0.1, 0.15) is 0 Å². The number of nitrogens with zero attached hydrogens (tertiary/aromatic N) is 1. The Morgan fingerprint density at radius 1 is 0.867 bits per heavy atom. The summed E-state index contributed by atoms with van der Waals surface area (Å²) in [4.78, 5) is 27.8. The molecule has 0 atom stereocenters. The van der Waals surface area contributed by atoms with Crippen LogP contribution in [0.25, 0.3) is 11.6 Å². The lowest BCUT2D eigenvalue weighted by Gasteiger charge is -2.29. The highest BCUT2D eigenvalue weighted by Gasteiger charge is 2.34. The van der Waals surface area contributed by atoms with E-state index in [-0.39, 0.29) is 25.2 Å². The van der Waals surface area contributed by atoms with Gasteiger partial charge >= 0.3 is 0 Å². The molecule has 3 aromatic carbocycles. The average Bonchev–Trinajstić information content (AvgIpc) is 3.22. The van der Waals surface area contributed by atoms with Gasteiger partial charge in [0.05, 0.1) is 6.54 Å². The van der Waals surface area contributed by atoms with Gasteiger partial charge < -0.3 is 9.47 Å². The van der Waals surface area contributed by atoms with Gasteiger partial charge in [-0.15, -0.1) is 0 Å². The fourth-order valence-electron chi connectivity index (χ4n) is 3.83. The molecule has 0 bridgehead atoms. The summed E-state index contributed by atoms with van der Waals surface area (Å²) in [5, 5.41) is 0. The number of hydrogen-bond acceptors (Lipinski definition) is 4. The second-order valence-corrected chi connectivity index (χ2v) is 7.40. The Hall–Kier alpha value is -3.86. The highest BCUT2D eigenvalue weighted by Crippen LogP contribution is 2.35. The molecule has 5 nitrogen and oxygen atoms in total. The molecule has 0 radical (unpaired) electrons. The maximum atomic E-state index is 13.4. The second-order valence-electron chi connectivity index (χ2n) is 7.40. The molecule has 5 rings (SSSR count). The molecule has 148 valence electrons. The fourth-order valence-corrected chi connectivity index (χ4v) is 3.83. The van der Waals surface area contributed by atoms with Gasteiger partial charge in [-0.2, -0.15) is 0 Å². The summed E-state index contributed by atoms with van der Waals surface area (Å²) < 4.78 is 10.8. The summed E-state index contributed by atoms with van der Waals surface area (Å²) in [7, 11) is 0. The zero-order valence-corrected chi connectivity index (χ0v) is 16.4. The monoisotopic (exact) mass is 397 g/mol. The van der Waals surface area contributed by atoms with Crippen LogP contribution in [0, 0.1) is 6.92 Å². The van der Waals surface area contributed by atoms with Crippen LogP contribution in [0.2, 0.25) is 0 Å². The molecule has 0 aromatic heterocycles. The molecule has 2 aliphatic heterocycles. The van der Waals surface area contributed by atoms with Crippen LogP contribution < -0.4 is 9.47 Å². The molecule has 5 heteroatoms. The quantitative estimate of drug-likeness (QED) is 0.484. The Labute approximate surface area is 174 Å². The van der Waals surface area contributed by atoms with Crippen LogP contribution in [0.15, 0.2) is 66.7 Å². The van der Waals surface area contributed by atoms with Crippen LogP contribution in [0.3, 0.4) is 0 Å². The summed E-state index contributed by atoms with van der Waals surface area (Å²) in [6, 6.07) is 20.6. The summed E-state index contributed by atoms with van der Waals surface area (Å²) in [6.45, 7) is 2.35. The van der Waals surface area contributed by atoms with E-state index in [1.807, 2.05) is 67.6 Å². The van der Waals surface area contributed by atoms with Gasteiger partial charge in [-0.05, 0) is 47.9 Å². The van der Waals surface area contributed by atoms with Crippen molar-refractivity contribution in [1.29, 1.82) is 0 Å². The molecule has 0 N–H and O–H groups in total. The first kappa shape index (κ1) is 18.2. The molecule has 30 heavy (non-hydrogen) atoms. The van der Waals surface area contributed by atoms with E-state index in [2.05, 4.69) is 0 Å². The minimum atomic E-state index is -0.308. The summed E-state index contributed by atoms with van der Waals surface area (Å²) in [5.74, 6) is 0.688. The van der Waals surface area contributed by atoms with Crippen molar-refractivity contribution in [2.45, 2.75) is 13.5 Å². The molecule has 2 aliphatic rings. The second kappa shape index (κ2) is 7.19. The first-order valence-corrected chi connectivity index (χ1v) is 9.72. The SMILES string of the molecule is Cc1cccc(C=C2C(=O)N(Cc3ccc4c(c3)OCO4)C(=O)c3ccccc32)c1. The first-order valence-electron chi connectivity index (χ1n) is 9.72. The molecule has 3 aromatic rings. The zero-order valence-electron chi connectivity index (χ0n) is 16.4. The molecule has 0 saturated carbocycles. The van der Waals surface area contributed by atoms with E-state index in [4.69, 9.17) is 9.47 Å². The van der Waals surface area contributed by atoms with Gasteiger partial charge in [-0.25, -0.2) is 0 Å². The van der Waals surface area contributed by atoms with Crippen molar-refractivity contribution in [2.75, 3.05) is 6.79 Å². The lowest BCUT2D eigenvalue weighted by atomic mass is 9.91. The summed E-state index contributed by atoms with van der Waals surface area (Å²) in [6.07, 6.45) is 1.85. The van der Waals surface area contributed by atoms with Crippen LogP contribution in [0.1, 0.15) is 32.6 Å². The minimum Gasteiger partial charge on any atom is -0.454 e. The number of hydrogen-bond donors (Lipinski definition) is 0. The highest BCUT2D eigenvalue weighted by molar-refractivity contribution is 6.33. The van der Waals surface area contributed by atoms with E-state index < -0.39 is 0 Å². The van der Waals surface area contributed by atoms with Crippen LogP contribution in [-0.4, -0.2) is 23.5 Å². The van der Waals surface area contributed by atoms with Gasteiger partial charge in [0.15, 0.2) is 11.5 Å². The lowest BCUT2D eigenvalue weighted by Crippen LogP contribution is -2.41. The average molecular weight is 397 g/mol. The standard InChI is InChI=1S/C25H19NO4/c1-16-5-4-6-17(11-16)12-21-19-7-2-3-8-20(19)24(27)26(25(21)28)14-18-9-10-22-23(13-18)30-15-29-22/h2-13H,14-15H2,1H3. The number of carbonyl (C=O) groups excluding carboxylic acids is 2. The third kappa shape index (κ3) is 3.14.